The second kappa shape index (κ2) is 4.91. The summed E-state index contributed by atoms with van der Waals surface area (Å²) >= 11 is 0. The Morgan fingerprint density at radius 3 is 2.41 bits per heavy atom. The van der Waals surface area contributed by atoms with Gasteiger partial charge in [-0.15, -0.1) is 0 Å². The van der Waals surface area contributed by atoms with Crippen LogP contribution in [0.4, 0.5) is 4.79 Å². The van der Waals surface area contributed by atoms with Crippen LogP contribution in [0.2, 0.25) is 0 Å². The van der Waals surface area contributed by atoms with Crippen LogP contribution in [0.1, 0.15) is 27.2 Å². The van der Waals surface area contributed by atoms with Crippen molar-refractivity contribution in [2.24, 2.45) is 0 Å². The summed E-state index contributed by atoms with van der Waals surface area (Å²) in [5, 5.41) is 9.07. The smallest absolute Gasteiger partial charge is 0.411 e. The third-order valence-corrected chi connectivity index (χ3v) is 2.51. The molecule has 6 nitrogen and oxygen atoms in total. The number of hydrogen-bond acceptors (Lipinski definition) is 5. The molecule has 1 aliphatic heterocycles. The third kappa shape index (κ3) is 3.09. The molecule has 6 heteroatoms. The molecule has 2 atom stereocenters. The van der Waals surface area contributed by atoms with Crippen LogP contribution < -0.4 is 0 Å². The third-order valence-electron chi connectivity index (χ3n) is 2.51. The molecule has 0 aliphatic carbocycles. The van der Waals surface area contributed by atoms with E-state index < -0.39 is 23.7 Å². The maximum atomic E-state index is 11.8. The molecule has 0 aromatic heterocycles. The summed E-state index contributed by atoms with van der Waals surface area (Å²) in [4.78, 5) is 24.4. The van der Waals surface area contributed by atoms with Gasteiger partial charge in [0.25, 0.3) is 0 Å². The van der Waals surface area contributed by atoms with Crippen molar-refractivity contribution in [3.8, 4) is 0 Å². The van der Waals surface area contributed by atoms with Crippen molar-refractivity contribution in [1.82, 2.24) is 4.90 Å². The maximum Gasteiger partial charge on any atom is 0.411 e. The predicted octanol–water partition coefficient (Wildman–Crippen LogP) is 0.530. The first-order valence-corrected chi connectivity index (χ1v) is 5.50. The van der Waals surface area contributed by atoms with E-state index in [0.717, 1.165) is 0 Å². The van der Waals surface area contributed by atoms with Gasteiger partial charge in [0.1, 0.15) is 11.6 Å². The number of likely N-dealkylation sites (tertiary alicyclic amines) is 1. The van der Waals surface area contributed by atoms with Gasteiger partial charge in [-0.25, -0.2) is 9.59 Å². The quantitative estimate of drug-likeness (QED) is 0.718. The standard InChI is InChI=1S/C11H19NO5/c1-11(2,3)17-10(15)12-7(6-13)5-8(12)9(14)16-4/h7-8,13H,5-6H2,1-4H3/t7-,8+/m0/s1. The molecular formula is C11H19NO5. The zero-order valence-corrected chi connectivity index (χ0v) is 10.6. The van der Waals surface area contributed by atoms with Crippen LogP contribution in [0.25, 0.3) is 0 Å². The Hall–Kier alpha value is -1.30. The summed E-state index contributed by atoms with van der Waals surface area (Å²) in [7, 11) is 1.27. The second-order valence-electron chi connectivity index (χ2n) is 5.00. The second-order valence-corrected chi connectivity index (χ2v) is 5.00. The Balaban J connectivity index is 2.70. The minimum absolute atomic E-state index is 0.188. The van der Waals surface area contributed by atoms with E-state index in [1.165, 1.54) is 12.0 Å². The molecule has 1 N–H and O–H groups in total. The van der Waals surface area contributed by atoms with Gasteiger partial charge in [-0.2, -0.15) is 0 Å². The lowest BCUT2D eigenvalue weighted by Crippen LogP contribution is -2.64. The SMILES string of the molecule is COC(=O)[C@H]1C[C@@H](CO)N1C(=O)OC(C)(C)C. The summed E-state index contributed by atoms with van der Waals surface area (Å²) in [5.74, 6) is -0.486. The van der Waals surface area contributed by atoms with Gasteiger partial charge in [0.2, 0.25) is 0 Å². The number of nitrogens with zero attached hydrogens (tertiary/aromatic N) is 1. The van der Waals surface area contributed by atoms with Gasteiger partial charge in [0.05, 0.1) is 19.8 Å². The molecule has 0 unspecified atom stereocenters. The van der Waals surface area contributed by atoms with Crippen molar-refractivity contribution >= 4 is 12.1 Å². The van der Waals surface area contributed by atoms with E-state index in [4.69, 9.17) is 9.84 Å². The van der Waals surface area contributed by atoms with Gasteiger partial charge in [-0.3, -0.25) is 4.90 Å². The summed E-state index contributed by atoms with van der Waals surface area (Å²) in [6.07, 6.45) is -0.194. The highest BCUT2D eigenvalue weighted by Gasteiger charge is 2.47. The number of rotatable bonds is 2. The Labute approximate surface area is 100 Å². The summed E-state index contributed by atoms with van der Waals surface area (Å²) in [6.45, 7) is 5.04. The van der Waals surface area contributed by atoms with Gasteiger partial charge < -0.3 is 14.6 Å². The number of hydrogen-bond donors (Lipinski definition) is 1. The molecular weight excluding hydrogens is 226 g/mol. The Morgan fingerprint density at radius 1 is 1.41 bits per heavy atom. The lowest BCUT2D eigenvalue weighted by molar-refractivity contribution is -0.156. The highest BCUT2D eigenvalue weighted by molar-refractivity contribution is 5.83. The molecule has 0 spiro atoms. The lowest BCUT2D eigenvalue weighted by atomic mass is 9.94. The number of esters is 1. The van der Waals surface area contributed by atoms with Crippen molar-refractivity contribution in [2.45, 2.75) is 44.9 Å². The number of aliphatic hydroxyl groups excluding tert-OH is 1. The molecule has 1 heterocycles. The molecule has 0 aromatic rings. The van der Waals surface area contributed by atoms with Crippen LogP contribution in [0.5, 0.6) is 0 Å². The zero-order valence-electron chi connectivity index (χ0n) is 10.6. The van der Waals surface area contributed by atoms with Crippen molar-refractivity contribution in [2.75, 3.05) is 13.7 Å². The fraction of sp³-hybridized carbons (Fsp3) is 0.818. The highest BCUT2D eigenvalue weighted by Crippen LogP contribution is 2.28. The van der Waals surface area contributed by atoms with Gasteiger partial charge in [0, 0.05) is 6.42 Å². The Morgan fingerprint density at radius 2 is 2.00 bits per heavy atom. The molecule has 1 fully saturated rings. The molecule has 0 aromatic carbocycles. The van der Waals surface area contributed by atoms with Crippen molar-refractivity contribution in [3.05, 3.63) is 0 Å². The molecule has 1 rings (SSSR count). The molecule has 1 aliphatic rings. The Bertz CT molecular complexity index is 309. The zero-order chi connectivity index (χ0) is 13.2. The van der Waals surface area contributed by atoms with Gasteiger partial charge in [-0.05, 0) is 20.8 Å². The van der Waals surface area contributed by atoms with Crippen molar-refractivity contribution < 1.29 is 24.2 Å². The number of carbonyl (C=O) groups is 2. The average molecular weight is 245 g/mol. The molecule has 98 valence electrons. The van der Waals surface area contributed by atoms with E-state index in [9.17, 15) is 9.59 Å². The molecule has 0 radical (unpaired) electrons. The fourth-order valence-electron chi connectivity index (χ4n) is 1.70. The largest absolute Gasteiger partial charge is 0.467 e. The summed E-state index contributed by atoms with van der Waals surface area (Å²) < 4.78 is 9.75. The van der Waals surface area contributed by atoms with Gasteiger partial charge in [-0.1, -0.05) is 0 Å². The van der Waals surface area contributed by atoms with E-state index in [1.54, 1.807) is 20.8 Å². The number of methoxy groups -OCH3 is 1. The van der Waals surface area contributed by atoms with E-state index in [-0.39, 0.29) is 12.6 Å². The maximum absolute atomic E-state index is 11.8. The topological polar surface area (TPSA) is 76.1 Å². The van der Waals surface area contributed by atoms with Crippen LogP contribution in [-0.4, -0.2) is 53.5 Å². The van der Waals surface area contributed by atoms with Crippen LogP contribution in [-0.2, 0) is 14.3 Å². The first kappa shape index (κ1) is 13.8. The van der Waals surface area contributed by atoms with Crippen LogP contribution in [0.15, 0.2) is 0 Å². The number of ether oxygens (including phenoxy) is 2. The van der Waals surface area contributed by atoms with E-state index in [1.807, 2.05) is 0 Å². The minimum Gasteiger partial charge on any atom is -0.467 e. The van der Waals surface area contributed by atoms with Gasteiger partial charge in [0.15, 0.2) is 0 Å². The molecule has 0 bridgehead atoms. The average Bonchev–Trinajstić information content (AvgIpc) is 2.13. The lowest BCUT2D eigenvalue weighted by Gasteiger charge is -2.45. The van der Waals surface area contributed by atoms with E-state index >= 15 is 0 Å². The number of amides is 1. The number of aliphatic hydroxyl groups is 1. The first-order chi connectivity index (χ1) is 7.80. The van der Waals surface area contributed by atoms with Crippen molar-refractivity contribution in [1.29, 1.82) is 0 Å². The normalized spacial score (nSPS) is 23.9. The Kier molecular flexibility index (Phi) is 3.98. The minimum atomic E-state index is -0.646. The molecule has 1 amide bonds. The van der Waals surface area contributed by atoms with Crippen LogP contribution in [0.3, 0.4) is 0 Å². The monoisotopic (exact) mass is 245 g/mol. The number of carbonyl (C=O) groups excluding carboxylic acids is 2. The van der Waals surface area contributed by atoms with E-state index in [0.29, 0.717) is 6.42 Å². The molecule has 17 heavy (non-hydrogen) atoms. The summed E-state index contributed by atoms with van der Waals surface area (Å²) in [6, 6.07) is -1.01. The van der Waals surface area contributed by atoms with Crippen LogP contribution in [0, 0.1) is 0 Å². The summed E-state index contributed by atoms with van der Waals surface area (Å²) in [5.41, 5.74) is -0.632. The molecule has 0 saturated carbocycles. The fourth-order valence-corrected chi connectivity index (χ4v) is 1.70. The van der Waals surface area contributed by atoms with Crippen LogP contribution >= 0.6 is 0 Å². The van der Waals surface area contributed by atoms with Gasteiger partial charge >= 0.3 is 12.1 Å². The first-order valence-electron chi connectivity index (χ1n) is 5.50. The van der Waals surface area contributed by atoms with E-state index in [2.05, 4.69) is 4.74 Å². The predicted molar refractivity (Wildman–Crippen MR) is 59.4 cm³/mol. The molecule has 1 saturated heterocycles. The highest BCUT2D eigenvalue weighted by atomic mass is 16.6. The van der Waals surface area contributed by atoms with Crippen molar-refractivity contribution in [3.63, 3.8) is 0 Å².